The summed E-state index contributed by atoms with van der Waals surface area (Å²) in [6, 6.07) is 20.6. The summed E-state index contributed by atoms with van der Waals surface area (Å²) < 4.78 is 0. The van der Waals surface area contributed by atoms with Gasteiger partial charge in [0.05, 0.1) is 0 Å². The molecule has 0 amide bonds. The summed E-state index contributed by atoms with van der Waals surface area (Å²) in [5.41, 5.74) is 4.07. The van der Waals surface area contributed by atoms with E-state index in [-0.39, 0.29) is 0 Å². The number of rotatable bonds is 9. The minimum absolute atomic E-state index is 0.340. The molecule has 0 fully saturated rings. The van der Waals surface area contributed by atoms with Gasteiger partial charge >= 0.3 is 0 Å². The maximum atomic E-state index is 2.49. The van der Waals surface area contributed by atoms with Gasteiger partial charge in [-0.05, 0) is 50.2 Å². The average Bonchev–Trinajstić information content (AvgIpc) is 2.78. The third-order valence-electron chi connectivity index (χ3n) is 6.22. The lowest BCUT2D eigenvalue weighted by molar-refractivity contribution is 0.285. The Morgan fingerprint density at radius 3 is 1.72 bits per heavy atom. The SMILES string of the molecule is CCN(CC)c1ccc(C(c2ccccc2)C2C=CC(N(CC)CC)C=C2)cc1. The maximum Gasteiger partial charge on any atom is 0.0461 e. The number of likely N-dealkylation sites (N-methyl/N-ethyl adjacent to an activating group) is 1. The van der Waals surface area contributed by atoms with Gasteiger partial charge in [-0.15, -0.1) is 0 Å². The molecule has 1 unspecified atom stereocenters. The first kappa shape index (κ1) is 21.4. The Labute approximate surface area is 177 Å². The topological polar surface area (TPSA) is 6.48 Å². The summed E-state index contributed by atoms with van der Waals surface area (Å²) in [6.07, 6.45) is 9.60. The summed E-state index contributed by atoms with van der Waals surface area (Å²) in [5.74, 6) is 0.718. The normalized spacial score (nSPS) is 19.5. The molecule has 3 rings (SSSR count). The van der Waals surface area contributed by atoms with E-state index in [1.165, 1.54) is 16.8 Å². The predicted octanol–water partition coefficient (Wildman–Crippen LogP) is 6.12. The van der Waals surface area contributed by atoms with E-state index in [2.05, 4.69) is 116 Å². The van der Waals surface area contributed by atoms with Crippen molar-refractivity contribution in [3.05, 3.63) is 90.0 Å². The average molecular weight is 389 g/mol. The number of allylic oxidation sites excluding steroid dienone is 2. The molecule has 0 spiro atoms. The zero-order chi connectivity index (χ0) is 20.6. The zero-order valence-corrected chi connectivity index (χ0v) is 18.5. The minimum atomic E-state index is 0.340. The molecule has 2 aromatic carbocycles. The summed E-state index contributed by atoms with van der Waals surface area (Å²) in [4.78, 5) is 4.88. The molecule has 0 aliphatic heterocycles. The van der Waals surface area contributed by atoms with Crippen LogP contribution in [0.15, 0.2) is 78.9 Å². The van der Waals surface area contributed by atoms with Gasteiger partial charge in [-0.25, -0.2) is 0 Å². The molecule has 29 heavy (non-hydrogen) atoms. The lowest BCUT2D eigenvalue weighted by Gasteiger charge is -2.31. The maximum absolute atomic E-state index is 2.49. The molecule has 2 nitrogen and oxygen atoms in total. The van der Waals surface area contributed by atoms with Gasteiger partial charge in [0.25, 0.3) is 0 Å². The summed E-state index contributed by atoms with van der Waals surface area (Å²) in [7, 11) is 0. The molecule has 0 saturated carbocycles. The van der Waals surface area contributed by atoms with Crippen LogP contribution in [-0.4, -0.2) is 37.1 Å². The Morgan fingerprint density at radius 1 is 0.655 bits per heavy atom. The molecule has 0 N–H and O–H groups in total. The lowest BCUT2D eigenvalue weighted by Crippen LogP contribution is -2.33. The van der Waals surface area contributed by atoms with E-state index < -0.39 is 0 Å². The van der Waals surface area contributed by atoms with Gasteiger partial charge < -0.3 is 4.90 Å². The molecule has 1 atom stereocenters. The highest BCUT2D eigenvalue weighted by Gasteiger charge is 2.24. The smallest absolute Gasteiger partial charge is 0.0461 e. The van der Waals surface area contributed by atoms with E-state index in [1.807, 2.05) is 0 Å². The standard InChI is InChI=1S/C27H36N2/c1-5-28(6-2)25-18-14-23(15-19-25)27(22-12-10-9-11-13-22)24-16-20-26(21-17-24)29(7-3)8-4/h9-21,23,25,27H,5-8H2,1-4H3. The quantitative estimate of drug-likeness (QED) is 0.478. The van der Waals surface area contributed by atoms with E-state index in [0.717, 1.165) is 26.2 Å². The van der Waals surface area contributed by atoms with Crippen LogP contribution < -0.4 is 4.90 Å². The van der Waals surface area contributed by atoms with Crippen molar-refractivity contribution in [2.45, 2.75) is 39.7 Å². The Morgan fingerprint density at radius 2 is 1.21 bits per heavy atom. The molecule has 0 saturated heterocycles. The fraction of sp³-hybridized carbons (Fsp3) is 0.407. The van der Waals surface area contributed by atoms with Crippen molar-refractivity contribution in [3.63, 3.8) is 0 Å². The number of benzene rings is 2. The second kappa shape index (κ2) is 10.5. The van der Waals surface area contributed by atoms with Crippen LogP contribution in [0.2, 0.25) is 0 Å². The van der Waals surface area contributed by atoms with Crippen LogP contribution in [0.25, 0.3) is 0 Å². The molecular formula is C27H36N2. The van der Waals surface area contributed by atoms with Crippen LogP contribution >= 0.6 is 0 Å². The van der Waals surface area contributed by atoms with Gasteiger partial charge in [0, 0.05) is 36.7 Å². The molecule has 1 aliphatic rings. The third kappa shape index (κ3) is 5.00. The molecule has 0 heterocycles. The molecule has 1 aliphatic carbocycles. The molecule has 2 aromatic rings. The van der Waals surface area contributed by atoms with E-state index in [9.17, 15) is 0 Å². The van der Waals surface area contributed by atoms with Gasteiger partial charge in [0.2, 0.25) is 0 Å². The number of hydrogen-bond acceptors (Lipinski definition) is 2. The van der Waals surface area contributed by atoms with Crippen molar-refractivity contribution >= 4 is 5.69 Å². The number of hydrogen-bond donors (Lipinski definition) is 0. The van der Waals surface area contributed by atoms with Crippen molar-refractivity contribution in [1.82, 2.24) is 4.90 Å². The Kier molecular flexibility index (Phi) is 7.71. The molecule has 154 valence electrons. The van der Waals surface area contributed by atoms with Crippen molar-refractivity contribution in [3.8, 4) is 0 Å². The second-order valence-corrected chi connectivity index (χ2v) is 7.71. The fourth-order valence-corrected chi connectivity index (χ4v) is 4.50. The van der Waals surface area contributed by atoms with Crippen molar-refractivity contribution in [2.75, 3.05) is 31.1 Å². The second-order valence-electron chi connectivity index (χ2n) is 7.71. The Balaban J connectivity index is 1.89. The van der Waals surface area contributed by atoms with Gasteiger partial charge in [-0.2, -0.15) is 0 Å². The fourth-order valence-electron chi connectivity index (χ4n) is 4.50. The van der Waals surface area contributed by atoms with E-state index >= 15 is 0 Å². The number of nitrogens with zero attached hydrogens (tertiary/aromatic N) is 2. The lowest BCUT2D eigenvalue weighted by atomic mass is 9.78. The first-order valence-electron chi connectivity index (χ1n) is 11.2. The highest BCUT2D eigenvalue weighted by Crippen LogP contribution is 2.36. The Hall–Kier alpha value is -2.32. The van der Waals surface area contributed by atoms with E-state index in [1.54, 1.807) is 0 Å². The first-order chi connectivity index (χ1) is 14.2. The molecule has 2 heteroatoms. The monoisotopic (exact) mass is 388 g/mol. The van der Waals surface area contributed by atoms with Crippen LogP contribution in [0.5, 0.6) is 0 Å². The number of anilines is 1. The first-order valence-corrected chi connectivity index (χ1v) is 11.2. The molecule has 0 radical (unpaired) electrons. The van der Waals surface area contributed by atoms with Crippen LogP contribution in [-0.2, 0) is 0 Å². The van der Waals surface area contributed by atoms with E-state index in [0.29, 0.717) is 17.9 Å². The van der Waals surface area contributed by atoms with Gasteiger partial charge in [0.1, 0.15) is 0 Å². The largest absolute Gasteiger partial charge is 0.372 e. The summed E-state index contributed by atoms with van der Waals surface area (Å²) in [5, 5.41) is 0. The summed E-state index contributed by atoms with van der Waals surface area (Å²) in [6.45, 7) is 13.1. The van der Waals surface area contributed by atoms with Crippen molar-refractivity contribution in [1.29, 1.82) is 0 Å². The van der Waals surface area contributed by atoms with E-state index in [4.69, 9.17) is 0 Å². The van der Waals surface area contributed by atoms with Crippen LogP contribution in [0.1, 0.15) is 44.7 Å². The highest BCUT2D eigenvalue weighted by atomic mass is 15.1. The Bertz CT molecular complexity index is 769. The molecular weight excluding hydrogens is 352 g/mol. The van der Waals surface area contributed by atoms with Gasteiger partial charge in [-0.1, -0.05) is 80.6 Å². The van der Waals surface area contributed by atoms with Crippen LogP contribution in [0, 0.1) is 5.92 Å². The summed E-state index contributed by atoms with van der Waals surface area (Å²) >= 11 is 0. The van der Waals surface area contributed by atoms with Crippen molar-refractivity contribution in [2.24, 2.45) is 5.92 Å². The highest BCUT2D eigenvalue weighted by molar-refractivity contribution is 5.49. The minimum Gasteiger partial charge on any atom is -0.372 e. The zero-order valence-electron chi connectivity index (χ0n) is 18.5. The van der Waals surface area contributed by atoms with Crippen LogP contribution in [0.3, 0.4) is 0 Å². The van der Waals surface area contributed by atoms with Gasteiger partial charge in [0.15, 0.2) is 0 Å². The van der Waals surface area contributed by atoms with Crippen LogP contribution in [0.4, 0.5) is 5.69 Å². The molecule has 0 bridgehead atoms. The predicted molar refractivity (Wildman–Crippen MR) is 127 cm³/mol. The van der Waals surface area contributed by atoms with Gasteiger partial charge in [-0.3, -0.25) is 4.90 Å². The van der Waals surface area contributed by atoms with Crippen molar-refractivity contribution < 1.29 is 0 Å². The third-order valence-corrected chi connectivity index (χ3v) is 6.22. The molecule has 0 aromatic heterocycles.